The van der Waals surface area contributed by atoms with Crippen LogP contribution in [0.25, 0.3) is 0 Å². The van der Waals surface area contributed by atoms with Crippen LogP contribution in [-0.4, -0.2) is 6.54 Å². The van der Waals surface area contributed by atoms with E-state index in [1.165, 1.54) is 35.1 Å². The Labute approximate surface area is 115 Å². The minimum atomic E-state index is 0.556. The maximum Gasteiger partial charge on any atom is 0.0326 e. The number of rotatable bonds is 4. The first-order valence-corrected chi connectivity index (χ1v) is 7.19. The van der Waals surface area contributed by atoms with Crippen molar-refractivity contribution in [3.63, 3.8) is 0 Å². The molecule has 0 radical (unpaired) electrons. The first-order valence-electron chi connectivity index (χ1n) is 7.19. The van der Waals surface area contributed by atoms with Crippen LogP contribution in [0, 0.1) is 6.92 Å². The molecule has 0 aromatic heterocycles. The molecule has 0 heterocycles. The van der Waals surface area contributed by atoms with Gasteiger partial charge in [0.1, 0.15) is 0 Å². The Morgan fingerprint density at radius 2 is 2.00 bits per heavy atom. The molecule has 98 valence electrons. The molecule has 1 atom stereocenters. The molecule has 1 unspecified atom stereocenters. The van der Waals surface area contributed by atoms with E-state index >= 15 is 0 Å². The van der Waals surface area contributed by atoms with Gasteiger partial charge in [0.2, 0.25) is 0 Å². The van der Waals surface area contributed by atoms with Crippen LogP contribution in [0.1, 0.15) is 34.7 Å². The molecule has 3 rings (SSSR count). The molecule has 1 aliphatic carbocycles. The molecule has 0 fully saturated rings. The minimum Gasteiger partial charge on any atom is -0.310 e. The molecule has 2 aromatic rings. The Morgan fingerprint density at radius 3 is 2.89 bits per heavy atom. The van der Waals surface area contributed by atoms with Crippen molar-refractivity contribution in [2.24, 2.45) is 0 Å². The van der Waals surface area contributed by atoms with Gasteiger partial charge in [0.15, 0.2) is 0 Å². The lowest BCUT2D eigenvalue weighted by Crippen LogP contribution is -2.21. The highest BCUT2D eigenvalue weighted by Gasteiger charge is 2.20. The van der Waals surface area contributed by atoms with Gasteiger partial charge in [-0.25, -0.2) is 0 Å². The lowest BCUT2D eigenvalue weighted by Gasteiger charge is -2.14. The Hall–Kier alpha value is -1.60. The molecular weight excluding hydrogens is 230 g/mol. The summed E-state index contributed by atoms with van der Waals surface area (Å²) in [5.74, 6) is 0. The third-order valence-electron chi connectivity index (χ3n) is 4.02. The normalized spacial score (nSPS) is 17.4. The number of aryl methyl sites for hydroxylation is 2. The van der Waals surface area contributed by atoms with Gasteiger partial charge < -0.3 is 5.32 Å². The third-order valence-corrected chi connectivity index (χ3v) is 4.02. The number of hydrogen-bond donors (Lipinski definition) is 1. The fourth-order valence-corrected chi connectivity index (χ4v) is 3.03. The zero-order valence-electron chi connectivity index (χ0n) is 11.5. The van der Waals surface area contributed by atoms with Gasteiger partial charge >= 0.3 is 0 Å². The summed E-state index contributed by atoms with van der Waals surface area (Å²) in [4.78, 5) is 0. The fourth-order valence-electron chi connectivity index (χ4n) is 3.03. The van der Waals surface area contributed by atoms with Crippen molar-refractivity contribution in [1.82, 2.24) is 5.32 Å². The smallest absolute Gasteiger partial charge is 0.0326 e. The molecule has 1 heteroatoms. The molecule has 2 aromatic carbocycles. The van der Waals surface area contributed by atoms with E-state index in [0.29, 0.717) is 6.04 Å². The van der Waals surface area contributed by atoms with Gasteiger partial charge in [-0.15, -0.1) is 0 Å². The fraction of sp³-hybridized carbons (Fsp3) is 0.333. The molecule has 0 saturated heterocycles. The SMILES string of the molecule is Cc1cccc(CCNC2CCc3ccccc32)c1. The highest BCUT2D eigenvalue weighted by Crippen LogP contribution is 2.30. The Balaban J connectivity index is 1.57. The van der Waals surface area contributed by atoms with Gasteiger partial charge in [0, 0.05) is 6.04 Å². The molecule has 0 amide bonds. The molecule has 0 aliphatic heterocycles. The predicted octanol–water partition coefficient (Wildman–Crippen LogP) is 3.81. The summed E-state index contributed by atoms with van der Waals surface area (Å²) in [6.07, 6.45) is 3.58. The van der Waals surface area contributed by atoms with Crippen LogP contribution in [-0.2, 0) is 12.8 Å². The Bertz CT molecular complexity index is 559. The molecule has 1 aliphatic rings. The van der Waals surface area contributed by atoms with Gasteiger partial charge in [0.25, 0.3) is 0 Å². The molecule has 0 spiro atoms. The average molecular weight is 251 g/mol. The minimum absolute atomic E-state index is 0.556. The molecule has 1 N–H and O–H groups in total. The predicted molar refractivity (Wildman–Crippen MR) is 80.4 cm³/mol. The number of hydrogen-bond acceptors (Lipinski definition) is 1. The maximum absolute atomic E-state index is 3.71. The van der Waals surface area contributed by atoms with E-state index in [1.807, 2.05) is 0 Å². The molecule has 1 nitrogen and oxygen atoms in total. The first kappa shape index (κ1) is 12.4. The highest BCUT2D eigenvalue weighted by atomic mass is 14.9. The monoisotopic (exact) mass is 251 g/mol. The molecule has 19 heavy (non-hydrogen) atoms. The van der Waals surface area contributed by atoms with Crippen LogP contribution >= 0.6 is 0 Å². The van der Waals surface area contributed by atoms with E-state index in [2.05, 4.69) is 60.8 Å². The second-order valence-electron chi connectivity index (χ2n) is 5.48. The largest absolute Gasteiger partial charge is 0.310 e. The van der Waals surface area contributed by atoms with E-state index in [9.17, 15) is 0 Å². The van der Waals surface area contributed by atoms with Crippen LogP contribution in [0.15, 0.2) is 48.5 Å². The summed E-state index contributed by atoms with van der Waals surface area (Å²) in [7, 11) is 0. The van der Waals surface area contributed by atoms with Crippen molar-refractivity contribution >= 4 is 0 Å². The topological polar surface area (TPSA) is 12.0 Å². The molecule has 0 bridgehead atoms. The van der Waals surface area contributed by atoms with Crippen molar-refractivity contribution in [2.45, 2.75) is 32.2 Å². The lowest BCUT2D eigenvalue weighted by atomic mass is 10.1. The van der Waals surface area contributed by atoms with Gasteiger partial charge in [0.05, 0.1) is 0 Å². The van der Waals surface area contributed by atoms with Crippen molar-refractivity contribution < 1.29 is 0 Å². The van der Waals surface area contributed by atoms with Crippen molar-refractivity contribution in [3.8, 4) is 0 Å². The first-order chi connectivity index (χ1) is 9.33. The summed E-state index contributed by atoms with van der Waals surface area (Å²) in [6.45, 7) is 3.21. The second-order valence-corrected chi connectivity index (χ2v) is 5.48. The highest BCUT2D eigenvalue weighted by molar-refractivity contribution is 5.34. The van der Waals surface area contributed by atoms with Crippen molar-refractivity contribution in [3.05, 3.63) is 70.8 Å². The van der Waals surface area contributed by atoms with Gasteiger partial charge in [-0.2, -0.15) is 0 Å². The van der Waals surface area contributed by atoms with Gasteiger partial charge in [-0.3, -0.25) is 0 Å². The van der Waals surface area contributed by atoms with E-state index in [1.54, 1.807) is 0 Å². The number of nitrogens with one attached hydrogen (secondary N) is 1. The van der Waals surface area contributed by atoms with Crippen LogP contribution in [0.4, 0.5) is 0 Å². The zero-order valence-corrected chi connectivity index (χ0v) is 11.5. The number of benzene rings is 2. The zero-order chi connectivity index (χ0) is 13.1. The standard InChI is InChI=1S/C18H21N/c1-14-5-4-6-15(13-14)11-12-19-18-10-9-16-7-2-3-8-17(16)18/h2-8,13,18-19H,9-12H2,1H3. The Kier molecular flexibility index (Phi) is 3.65. The van der Waals surface area contributed by atoms with Gasteiger partial charge in [-0.05, 0) is 49.4 Å². The quantitative estimate of drug-likeness (QED) is 0.871. The lowest BCUT2D eigenvalue weighted by molar-refractivity contribution is 0.533. The van der Waals surface area contributed by atoms with Crippen molar-refractivity contribution in [2.75, 3.05) is 6.54 Å². The average Bonchev–Trinajstić information content (AvgIpc) is 2.83. The summed E-state index contributed by atoms with van der Waals surface area (Å²) < 4.78 is 0. The van der Waals surface area contributed by atoms with Crippen molar-refractivity contribution in [1.29, 1.82) is 0 Å². The summed E-state index contributed by atoms with van der Waals surface area (Å²) in [5, 5.41) is 3.71. The van der Waals surface area contributed by atoms with Crippen LogP contribution in [0.3, 0.4) is 0 Å². The van der Waals surface area contributed by atoms with E-state index in [0.717, 1.165) is 13.0 Å². The maximum atomic E-state index is 3.71. The van der Waals surface area contributed by atoms with Gasteiger partial charge in [-0.1, -0.05) is 54.1 Å². The summed E-state index contributed by atoms with van der Waals surface area (Å²) >= 11 is 0. The van der Waals surface area contributed by atoms with Crippen LogP contribution < -0.4 is 5.32 Å². The Morgan fingerprint density at radius 1 is 1.11 bits per heavy atom. The van der Waals surface area contributed by atoms with E-state index < -0.39 is 0 Å². The molecule has 0 saturated carbocycles. The van der Waals surface area contributed by atoms with Crippen LogP contribution in [0.2, 0.25) is 0 Å². The third kappa shape index (κ3) is 2.87. The summed E-state index contributed by atoms with van der Waals surface area (Å²) in [5.41, 5.74) is 5.81. The van der Waals surface area contributed by atoms with E-state index in [4.69, 9.17) is 0 Å². The van der Waals surface area contributed by atoms with Crippen LogP contribution in [0.5, 0.6) is 0 Å². The van der Waals surface area contributed by atoms with E-state index in [-0.39, 0.29) is 0 Å². The second kappa shape index (κ2) is 5.58. The summed E-state index contributed by atoms with van der Waals surface area (Å²) in [6, 6.07) is 18.2. The molecular formula is C18H21N. The number of fused-ring (bicyclic) bond motifs is 1.